The molecule has 1 N–H and O–H groups in total. The molecule has 1 atom stereocenters. The van der Waals surface area contributed by atoms with Crippen LogP contribution < -0.4 is 9.62 Å². The number of hydrogen-bond donors (Lipinski definition) is 1. The van der Waals surface area contributed by atoms with E-state index in [2.05, 4.69) is 5.32 Å². The van der Waals surface area contributed by atoms with Crippen LogP contribution in [0.15, 0.2) is 71.6 Å². The summed E-state index contributed by atoms with van der Waals surface area (Å²) in [6.45, 7) is 8.57. The van der Waals surface area contributed by atoms with Gasteiger partial charge in [0.1, 0.15) is 12.6 Å². The summed E-state index contributed by atoms with van der Waals surface area (Å²) >= 11 is 18.5. The van der Waals surface area contributed by atoms with Gasteiger partial charge in [-0.2, -0.15) is 0 Å². The molecule has 2 amide bonds. The first-order chi connectivity index (χ1) is 19.1. The van der Waals surface area contributed by atoms with Crippen molar-refractivity contribution in [3.05, 3.63) is 92.9 Å². The van der Waals surface area contributed by atoms with Gasteiger partial charge >= 0.3 is 0 Å². The molecule has 0 aliphatic carbocycles. The Kier molecular flexibility index (Phi) is 10.7. The van der Waals surface area contributed by atoms with Crippen molar-refractivity contribution in [1.82, 2.24) is 10.2 Å². The Balaban J connectivity index is 2.10. The van der Waals surface area contributed by atoms with E-state index in [4.69, 9.17) is 34.8 Å². The maximum atomic E-state index is 14.1. The van der Waals surface area contributed by atoms with Crippen molar-refractivity contribution in [2.45, 2.75) is 64.1 Å². The molecule has 0 radical (unpaired) electrons. The standard InChI is InChI=1S/C30H34Cl3N3O4S/c1-6-27(29(38)34-30(3,4)5)35(18-21-10-11-23(32)17-26(21)33)28(37)19-36(24-9-7-8-20(2)16-24)41(39,40)25-14-12-22(31)13-15-25/h7-17,27H,6,18-19H2,1-5H3,(H,34,38)/t27-/m1/s1. The van der Waals surface area contributed by atoms with Crippen LogP contribution in [0.1, 0.15) is 45.2 Å². The molecule has 0 aromatic heterocycles. The second-order valence-corrected chi connectivity index (χ2v) is 13.9. The molecule has 0 spiro atoms. The van der Waals surface area contributed by atoms with Gasteiger partial charge in [-0.25, -0.2) is 8.42 Å². The fourth-order valence-electron chi connectivity index (χ4n) is 4.25. The highest BCUT2D eigenvalue weighted by atomic mass is 35.5. The zero-order valence-corrected chi connectivity index (χ0v) is 26.7. The second-order valence-electron chi connectivity index (χ2n) is 10.7. The molecule has 220 valence electrons. The van der Waals surface area contributed by atoms with Crippen LogP contribution in [0, 0.1) is 6.92 Å². The van der Waals surface area contributed by atoms with Crippen LogP contribution in [-0.4, -0.2) is 43.3 Å². The van der Waals surface area contributed by atoms with Crippen LogP contribution in [0.2, 0.25) is 15.1 Å². The number of amides is 2. The lowest BCUT2D eigenvalue weighted by molar-refractivity contribution is -0.141. The van der Waals surface area contributed by atoms with E-state index in [-0.39, 0.29) is 23.8 Å². The molecule has 41 heavy (non-hydrogen) atoms. The van der Waals surface area contributed by atoms with E-state index in [1.54, 1.807) is 43.3 Å². The number of rotatable bonds is 10. The average molecular weight is 639 g/mol. The van der Waals surface area contributed by atoms with E-state index >= 15 is 0 Å². The smallest absolute Gasteiger partial charge is 0.264 e. The summed E-state index contributed by atoms with van der Waals surface area (Å²) in [5, 5.41) is 4.07. The van der Waals surface area contributed by atoms with Crippen molar-refractivity contribution in [1.29, 1.82) is 0 Å². The minimum atomic E-state index is -4.20. The summed E-state index contributed by atoms with van der Waals surface area (Å²) in [7, 11) is -4.20. The van der Waals surface area contributed by atoms with Crippen molar-refractivity contribution in [2.75, 3.05) is 10.8 Å². The van der Waals surface area contributed by atoms with Gasteiger partial charge in [0, 0.05) is 27.2 Å². The summed E-state index contributed by atoms with van der Waals surface area (Å²) in [6.07, 6.45) is 0.285. The van der Waals surface area contributed by atoms with Crippen LogP contribution >= 0.6 is 34.8 Å². The Bertz CT molecular complexity index is 1510. The molecule has 0 aliphatic rings. The average Bonchev–Trinajstić information content (AvgIpc) is 2.87. The van der Waals surface area contributed by atoms with Gasteiger partial charge in [0.2, 0.25) is 11.8 Å². The third-order valence-electron chi connectivity index (χ3n) is 6.21. The summed E-state index contributed by atoms with van der Waals surface area (Å²) in [6, 6.07) is 16.6. The van der Waals surface area contributed by atoms with Crippen molar-refractivity contribution >= 4 is 62.3 Å². The maximum Gasteiger partial charge on any atom is 0.264 e. The van der Waals surface area contributed by atoms with E-state index in [1.807, 2.05) is 33.8 Å². The van der Waals surface area contributed by atoms with Crippen LogP contribution in [-0.2, 0) is 26.2 Å². The van der Waals surface area contributed by atoms with Gasteiger partial charge in [-0.1, -0.05) is 59.9 Å². The van der Waals surface area contributed by atoms with Crippen LogP contribution in [0.5, 0.6) is 0 Å². The van der Waals surface area contributed by atoms with Gasteiger partial charge in [-0.05, 0) is 93.8 Å². The molecule has 0 unspecified atom stereocenters. The van der Waals surface area contributed by atoms with Gasteiger partial charge in [0.25, 0.3) is 10.0 Å². The Morgan fingerprint density at radius 1 is 0.927 bits per heavy atom. The van der Waals surface area contributed by atoms with E-state index in [0.29, 0.717) is 26.3 Å². The minimum Gasteiger partial charge on any atom is -0.350 e. The summed E-state index contributed by atoms with van der Waals surface area (Å²) in [5.41, 5.74) is 1.13. The lowest BCUT2D eigenvalue weighted by Crippen LogP contribution is -2.55. The largest absolute Gasteiger partial charge is 0.350 e. The highest BCUT2D eigenvalue weighted by Gasteiger charge is 2.35. The highest BCUT2D eigenvalue weighted by Crippen LogP contribution is 2.28. The molecule has 0 heterocycles. The first-order valence-electron chi connectivity index (χ1n) is 13.0. The Labute approximate surface area is 257 Å². The fourth-order valence-corrected chi connectivity index (χ4v) is 6.25. The number of sulfonamides is 1. The van der Waals surface area contributed by atoms with Crippen molar-refractivity contribution in [3.8, 4) is 0 Å². The number of hydrogen-bond acceptors (Lipinski definition) is 4. The first kappa shape index (κ1) is 32.7. The number of carbonyl (C=O) groups excluding carboxylic acids is 2. The predicted octanol–water partition coefficient (Wildman–Crippen LogP) is 6.87. The number of aryl methyl sites for hydroxylation is 1. The lowest BCUT2D eigenvalue weighted by atomic mass is 10.1. The van der Waals surface area contributed by atoms with Crippen molar-refractivity contribution in [2.24, 2.45) is 0 Å². The number of anilines is 1. The zero-order chi connectivity index (χ0) is 30.5. The first-order valence-corrected chi connectivity index (χ1v) is 15.6. The van der Waals surface area contributed by atoms with Gasteiger partial charge in [0.05, 0.1) is 10.6 Å². The van der Waals surface area contributed by atoms with E-state index in [0.717, 1.165) is 9.87 Å². The Hall–Kier alpha value is -2.78. The fraction of sp³-hybridized carbons (Fsp3) is 0.333. The molecule has 0 saturated heterocycles. The van der Waals surface area contributed by atoms with E-state index < -0.39 is 34.1 Å². The summed E-state index contributed by atoms with van der Waals surface area (Å²) in [5.74, 6) is -0.938. The zero-order valence-electron chi connectivity index (χ0n) is 23.6. The van der Waals surface area contributed by atoms with Crippen LogP contribution in [0.3, 0.4) is 0 Å². The van der Waals surface area contributed by atoms with E-state index in [1.165, 1.54) is 29.2 Å². The third-order valence-corrected chi connectivity index (χ3v) is 8.84. The van der Waals surface area contributed by atoms with Gasteiger partial charge in [-0.3, -0.25) is 13.9 Å². The molecular formula is C30H34Cl3N3O4S. The molecule has 0 fully saturated rings. The Morgan fingerprint density at radius 2 is 1.56 bits per heavy atom. The molecule has 0 aliphatic heterocycles. The molecular weight excluding hydrogens is 605 g/mol. The summed E-state index contributed by atoms with van der Waals surface area (Å²) in [4.78, 5) is 28.9. The van der Waals surface area contributed by atoms with Gasteiger partial charge in [0.15, 0.2) is 0 Å². The quantitative estimate of drug-likeness (QED) is 0.263. The van der Waals surface area contributed by atoms with Crippen molar-refractivity contribution in [3.63, 3.8) is 0 Å². The topological polar surface area (TPSA) is 86.8 Å². The molecule has 3 rings (SSSR count). The normalized spacial score (nSPS) is 12.5. The van der Waals surface area contributed by atoms with E-state index in [9.17, 15) is 18.0 Å². The maximum absolute atomic E-state index is 14.1. The Morgan fingerprint density at radius 3 is 2.12 bits per heavy atom. The molecule has 0 saturated carbocycles. The molecule has 7 nitrogen and oxygen atoms in total. The SMILES string of the molecule is CC[C@H](C(=O)NC(C)(C)C)N(Cc1ccc(Cl)cc1Cl)C(=O)CN(c1cccc(C)c1)S(=O)(=O)c1ccc(Cl)cc1. The molecule has 0 bridgehead atoms. The lowest BCUT2D eigenvalue weighted by Gasteiger charge is -2.35. The predicted molar refractivity (Wildman–Crippen MR) is 166 cm³/mol. The number of nitrogens with zero attached hydrogens (tertiary/aromatic N) is 2. The van der Waals surface area contributed by atoms with Gasteiger partial charge in [-0.15, -0.1) is 0 Å². The number of nitrogens with one attached hydrogen (secondary N) is 1. The summed E-state index contributed by atoms with van der Waals surface area (Å²) < 4.78 is 28.9. The minimum absolute atomic E-state index is 0.0268. The van der Waals surface area contributed by atoms with Crippen LogP contribution in [0.25, 0.3) is 0 Å². The number of halogens is 3. The number of carbonyl (C=O) groups is 2. The molecule has 3 aromatic rings. The van der Waals surface area contributed by atoms with Gasteiger partial charge < -0.3 is 10.2 Å². The van der Waals surface area contributed by atoms with Crippen molar-refractivity contribution < 1.29 is 18.0 Å². The highest BCUT2D eigenvalue weighted by molar-refractivity contribution is 7.92. The van der Waals surface area contributed by atoms with Crippen LogP contribution in [0.4, 0.5) is 5.69 Å². The monoisotopic (exact) mass is 637 g/mol. The molecule has 3 aromatic carbocycles. The third kappa shape index (κ3) is 8.61. The number of benzene rings is 3. The second kappa shape index (κ2) is 13.5. The molecule has 11 heteroatoms.